The minimum absolute atomic E-state index is 0.0890. The van der Waals surface area contributed by atoms with Crippen LogP contribution in [-0.2, 0) is 9.59 Å². The fourth-order valence-electron chi connectivity index (χ4n) is 3.51. The van der Waals surface area contributed by atoms with Gasteiger partial charge in [-0.15, -0.1) is 0 Å². The summed E-state index contributed by atoms with van der Waals surface area (Å²) < 4.78 is 0. The van der Waals surface area contributed by atoms with Crippen LogP contribution in [0.25, 0.3) is 0 Å². The lowest BCUT2D eigenvalue weighted by Crippen LogP contribution is -2.50. The molecule has 25 heavy (non-hydrogen) atoms. The molecule has 0 unspecified atom stereocenters. The largest absolute Gasteiger partial charge is 0.385 e. The van der Waals surface area contributed by atoms with Crippen LogP contribution in [0.4, 0.5) is 11.4 Å². The van der Waals surface area contributed by atoms with Gasteiger partial charge in [0.25, 0.3) is 0 Å². The number of amides is 2. The summed E-state index contributed by atoms with van der Waals surface area (Å²) in [7, 11) is 0. The number of benzene rings is 1. The highest BCUT2D eigenvalue weighted by molar-refractivity contribution is 5.78. The van der Waals surface area contributed by atoms with Crippen LogP contribution in [-0.4, -0.2) is 67.4 Å². The predicted octanol–water partition coefficient (Wildman–Crippen LogP) is 1.78. The molecule has 0 bridgehead atoms. The van der Waals surface area contributed by atoms with Gasteiger partial charge < -0.3 is 20.0 Å². The number of nitrogens with zero attached hydrogens (tertiary/aromatic N) is 3. The summed E-state index contributed by atoms with van der Waals surface area (Å²) in [5.41, 5.74) is 2.33. The second-order valence-electron chi connectivity index (χ2n) is 6.80. The molecule has 0 radical (unpaired) electrons. The highest BCUT2D eigenvalue weighted by atomic mass is 16.2. The van der Waals surface area contributed by atoms with E-state index >= 15 is 0 Å². The van der Waals surface area contributed by atoms with Gasteiger partial charge in [-0.1, -0.05) is 0 Å². The molecule has 0 saturated carbocycles. The van der Waals surface area contributed by atoms with Crippen molar-refractivity contribution in [2.75, 3.05) is 56.0 Å². The summed E-state index contributed by atoms with van der Waals surface area (Å²) in [6.45, 7) is 7.09. The molecule has 2 amide bonds. The first-order valence-electron chi connectivity index (χ1n) is 9.25. The molecule has 2 saturated heterocycles. The maximum atomic E-state index is 12.3. The first-order chi connectivity index (χ1) is 12.1. The Bertz CT molecular complexity index is 588. The molecule has 3 rings (SSSR count). The Morgan fingerprint density at radius 1 is 0.920 bits per heavy atom. The Kier molecular flexibility index (Phi) is 5.79. The van der Waals surface area contributed by atoms with Crippen LogP contribution in [0.5, 0.6) is 0 Å². The SMILES string of the molecule is CC(=O)N1CCN(C(=O)CCNc2ccc(N3CCCC3)cc2)CC1. The van der Waals surface area contributed by atoms with Crippen LogP contribution in [0.1, 0.15) is 26.2 Å². The number of hydrogen-bond acceptors (Lipinski definition) is 4. The van der Waals surface area contributed by atoms with Crippen molar-refractivity contribution >= 4 is 23.2 Å². The number of piperazine rings is 1. The molecule has 0 aromatic heterocycles. The second-order valence-corrected chi connectivity index (χ2v) is 6.80. The van der Waals surface area contributed by atoms with E-state index in [1.165, 1.54) is 18.5 Å². The van der Waals surface area contributed by atoms with E-state index in [9.17, 15) is 9.59 Å². The number of anilines is 2. The lowest BCUT2D eigenvalue weighted by molar-refractivity contribution is -0.138. The predicted molar refractivity (Wildman–Crippen MR) is 99.8 cm³/mol. The summed E-state index contributed by atoms with van der Waals surface area (Å²) in [6, 6.07) is 8.47. The Balaban J connectivity index is 1.39. The van der Waals surface area contributed by atoms with Gasteiger partial charge in [0.15, 0.2) is 0 Å². The smallest absolute Gasteiger partial charge is 0.224 e. The minimum Gasteiger partial charge on any atom is -0.385 e. The zero-order chi connectivity index (χ0) is 17.6. The number of carbonyl (C=O) groups excluding carboxylic acids is 2. The van der Waals surface area contributed by atoms with Crippen LogP contribution >= 0.6 is 0 Å². The van der Waals surface area contributed by atoms with Crippen LogP contribution in [0.3, 0.4) is 0 Å². The van der Waals surface area contributed by atoms with E-state index in [0.717, 1.165) is 18.8 Å². The number of nitrogens with one attached hydrogen (secondary N) is 1. The molecule has 2 heterocycles. The Morgan fingerprint density at radius 3 is 2.12 bits per heavy atom. The number of rotatable bonds is 5. The maximum absolute atomic E-state index is 12.3. The fourth-order valence-corrected chi connectivity index (χ4v) is 3.51. The first kappa shape index (κ1) is 17.6. The molecule has 1 aromatic carbocycles. The quantitative estimate of drug-likeness (QED) is 0.885. The first-order valence-corrected chi connectivity index (χ1v) is 9.25. The third kappa shape index (κ3) is 4.65. The van der Waals surface area contributed by atoms with E-state index in [4.69, 9.17) is 0 Å². The average Bonchev–Trinajstić information content (AvgIpc) is 3.17. The molecule has 0 atom stereocenters. The van der Waals surface area contributed by atoms with Crippen LogP contribution in [0, 0.1) is 0 Å². The summed E-state index contributed by atoms with van der Waals surface area (Å²) in [5.74, 6) is 0.246. The fraction of sp³-hybridized carbons (Fsp3) is 0.579. The lowest BCUT2D eigenvalue weighted by Gasteiger charge is -2.34. The molecule has 136 valence electrons. The van der Waals surface area contributed by atoms with E-state index in [0.29, 0.717) is 39.1 Å². The van der Waals surface area contributed by atoms with Crippen molar-refractivity contribution in [2.24, 2.45) is 0 Å². The average molecular weight is 344 g/mol. The second kappa shape index (κ2) is 8.23. The Labute approximate surface area is 149 Å². The summed E-state index contributed by atoms with van der Waals surface area (Å²) >= 11 is 0. The molecule has 2 aliphatic heterocycles. The molecule has 2 fully saturated rings. The lowest BCUT2D eigenvalue weighted by atomic mass is 10.2. The molecule has 6 nitrogen and oxygen atoms in total. The van der Waals surface area contributed by atoms with Gasteiger partial charge in [-0.3, -0.25) is 9.59 Å². The van der Waals surface area contributed by atoms with Gasteiger partial charge in [-0.2, -0.15) is 0 Å². The normalized spacial score (nSPS) is 17.7. The van der Waals surface area contributed by atoms with Gasteiger partial charge in [-0.05, 0) is 37.1 Å². The van der Waals surface area contributed by atoms with Crippen LogP contribution in [0.15, 0.2) is 24.3 Å². The van der Waals surface area contributed by atoms with Crippen molar-refractivity contribution in [1.29, 1.82) is 0 Å². The van der Waals surface area contributed by atoms with Gasteiger partial charge >= 0.3 is 0 Å². The Hall–Kier alpha value is -2.24. The van der Waals surface area contributed by atoms with Gasteiger partial charge in [0, 0.05) is 70.5 Å². The zero-order valence-electron chi connectivity index (χ0n) is 15.0. The van der Waals surface area contributed by atoms with Crippen molar-refractivity contribution < 1.29 is 9.59 Å². The molecule has 6 heteroatoms. The summed E-state index contributed by atoms with van der Waals surface area (Å²) in [5, 5.41) is 3.33. The van der Waals surface area contributed by atoms with Crippen LogP contribution in [0.2, 0.25) is 0 Å². The highest BCUT2D eigenvalue weighted by Gasteiger charge is 2.21. The minimum atomic E-state index is 0.0890. The van der Waals surface area contributed by atoms with Crippen molar-refractivity contribution in [1.82, 2.24) is 9.80 Å². The van der Waals surface area contributed by atoms with Crippen molar-refractivity contribution in [3.8, 4) is 0 Å². The molecular weight excluding hydrogens is 316 g/mol. The van der Waals surface area contributed by atoms with Gasteiger partial charge in [-0.25, -0.2) is 0 Å². The maximum Gasteiger partial charge on any atom is 0.224 e. The molecule has 0 spiro atoms. The van der Waals surface area contributed by atoms with Crippen molar-refractivity contribution in [3.05, 3.63) is 24.3 Å². The van der Waals surface area contributed by atoms with Crippen LogP contribution < -0.4 is 10.2 Å². The summed E-state index contributed by atoms with van der Waals surface area (Å²) in [6.07, 6.45) is 3.04. The van der Waals surface area contributed by atoms with Gasteiger partial charge in [0.05, 0.1) is 0 Å². The van der Waals surface area contributed by atoms with E-state index in [1.807, 2.05) is 4.90 Å². The third-order valence-electron chi connectivity index (χ3n) is 5.08. The standard InChI is InChI=1S/C19H28N4O2/c1-16(24)21-12-14-23(15-13-21)19(25)8-9-20-17-4-6-18(7-5-17)22-10-2-3-11-22/h4-7,20H,2-3,8-15H2,1H3. The molecule has 0 aliphatic carbocycles. The molecule has 2 aliphatic rings. The third-order valence-corrected chi connectivity index (χ3v) is 5.08. The highest BCUT2D eigenvalue weighted by Crippen LogP contribution is 2.22. The van der Waals surface area contributed by atoms with Crippen molar-refractivity contribution in [2.45, 2.75) is 26.2 Å². The molecule has 1 N–H and O–H groups in total. The molecule has 1 aromatic rings. The van der Waals surface area contributed by atoms with E-state index in [2.05, 4.69) is 34.5 Å². The Morgan fingerprint density at radius 2 is 1.52 bits per heavy atom. The van der Waals surface area contributed by atoms with Gasteiger partial charge in [0.1, 0.15) is 0 Å². The topological polar surface area (TPSA) is 55.9 Å². The van der Waals surface area contributed by atoms with Gasteiger partial charge in [0.2, 0.25) is 11.8 Å². The van der Waals surface area contributed by atoms with Crippen molar-refractivity contribution in [3.63, 3.8) is 0 Å². The zero-order valence-corrected chi connectivity index (χ0v) is 15.0. The number of carbonyl (C=O) groups is 2. The van der Waals surface area contributed by atoms with E-state index in [1.54, 1.807) is 11.8 Å². The molecular formula is C19H28N4O2. The van der Waals surface area contributed by atoms with E-state index in [-0.39, 0.29) is 11.8 Å². The summed E-state index contributed by atoms with van der Waals surface area (Å²) in [4.78, 5) is 29.7. The number of hydrogen-bond donors (Lipinski definition) is 1. The monoisotopic (exact) mass is 344 g/mol. The van der Waals surface area contributed by atoms with E-state index < -0.39 is 0 Å².